The molecule has 9 heteroatoms. The smallest absolute Gasteiger partial charge is 0.234 e. The average molecular weight is 416 g/mol. The lowest BCUT2D eigenvalue weighted by Crippen LogP contribution is -2.47. The Balaban J connectivity index is 0.00000182. The van der Waals surface area contributed by atoms with E-state index >= 15 is 0 Å². The number of methoxy groups -OCH3 is 1. The lowest BCUT2D eigenvalue weighted by molar-refractivity contribution is -0.130. The molecule has 27 heavy (non-hydrogen) atoms. The first kappa shape index (κ1) is 23.4. The molecule has 0 unspecified atom stereocenters. The highest BCUT2D eigenvalue weighted by atomic mass is 35.5. The maximum absolute atomic E-state index is 12.8. The third kappa shape index (κ3) is 6.17. The Morgan fingerprint density at radius 2 is 1.96 bits per heavy atom. The molecule has 150 valence electrons. The van der Waals surface area contributed by atoms with Gasteiger partial charge in [0.15, 0.2) is 5.82 Å². The second kappa shape index (κ2) is 11.2. The summed E-state index contributed by atoms with van der Waals surface area (Å²) < 4.78 is 7.17. The normalized spacial score (nSPS) is 15.3. The van der Waals surface area contributed by atoms with Gasteiger partial charge < -0.3 is 15.4 Å². The number of aryl methyl sites for hydroxylation is 2. The number of anilines is 1. The highest BCUT2D eigenvalue weighted by Crippen LogP contribution is 2.30. The maximum atomic E-state index is 12.8. The van der Waals surface area contributed by atoms with Crippen molar-refractivity contribution in [2.24, 2.45) is 5.41 Å². The Kier molecular flexibility index (Phi) is 9.73. The minimum absolute atomic E-state index is 0. The van der Waals surface area contributed by atoms with Gasteiger partial charge in [0.05, 0.1) is 12.0 Å². The number of pyridine rings is 1. The third-order valence-corrected chi connectivity index (χ3v) is 4.72. The van der Waals surface area contributed by atoms with Crippen LogP contribution in [-0.2, 0) is 22.5 Å². The van der Waals surface area contributed by atoms with Gasteiger partial charge in [-0.15, -0.1) is 24.8 Å². The number of piperidine rings is 1. The van der Waals surface area contributed by atoms with Crippen molar-refractivity contribution in [2.45, 2.75) is 25.8 Å². The van der Waals surface area contributed by atoms with E-state index in [2.05, 4.69) is 20.7 Å². The largest absolute Gasteiger partial charge is 0.384 e. The molecular weight excluding hydrogens is 389 g/mol. The summed E-state index contributed by atoms with van der Waals surface area (Å²) in [6.45, 7) is 2.85. The average Bonchev–Trinajstić information content (AvgIpc) is 3.09. The van der Waals surface area contributed by atoms with Gasteiger partial charge in [0.2, 0.25) is 5.91 Å². The van der Waals surface area contributed by atoms with Crippen molar-refractivity contribution < 1.29 is 9.53 Å². The Hall–Kier alpha value is -1.67. The molecule has 0 aliphatic carbocycles. The zero-order valence-corrected chi connectivity index (χ0v) is 17.0. The number of halogens is 2. The number of nitrogens with one attached hydrogen (secondary N) is 2. The summed E-state index contributed by atoms with van der Waals surface area (Å²) in [5, 5.41) is 10.7. The van der Waals surface area contributed by atoms with Crippen LogP contribution in [0.5, 0.6) is 0 Å². The standard InChI is InChI=1S/C18H25N5O2.2ClH/c1-25-14-18(6-10-20-11-7-18)17(24)21-16-5-13-23(22-16)12-4-15-2-8-19-9-3-15;;/h2-3,5,8-9,13,20H,4,6-7,10-12,14H2,1H3,(H,21,22,24);2*1H. The first-order valence-electron chi connectivity index (χ1n) is 8.65. The molecule has 0 spiro atoms. The van der Waals surface area contributed by atoms with E-state index in [9.17, 15) is 4.79 Å². The van der Waals surface area contributed by atoms with E-state index in [1.165, 1.54) is 5.56 Å². The molecule has 2 aromatic heterocycles. The zero-order valence-electron chi connectivity index (χ0n) is 15.4. The molecule has 0 saturated carbocycles. The highest BCUT2D eigenvalue weighted by molar-refractivity contribution is 5.94. The van der Waals surface area contributed by atoms with Crippen LogP contribution in [0, 0.1) is 5.41 Å². The quantitative estimate of drug-likeness (QED) is 0.724. The number of hydrogen-bond donors (Lipinski definition) is 2. The number of carbonyl (C=O) groups excluding carboxylic acids is 1. The summed E-state index contributed by atoms with van der Waals surface area (Å²) in [6, 6.07) is 5.83. The van der Waals surface area contributed by atoms with Gasteiger partial charge in [0.25, 0.3) is 0 Å². The van der Waals surface area contributed by atoms with Gasteiger partial charge in [-0.25, -0.2) is 0 Å². The van der Waals surface area contributed by atoms with Gasteiger partial charge in [-0.1, -0.05) is 0 Å². The molecule has 3 heterocycles. The van der Waals surface area contributed by atoms with Gasteiger partial charge in [-0.2, -0.15) is 5.10 Å². The molecule has 7 nitrogen and oxygen atoms in total. The molecule has 3 rings (SSSR count). The summed E-state index contributed by atoms with van der Waals surface area (Å²) >= 11 is 0. The van der Waals surface area contributed by atoms with Crippen LogP contribution >= 0.6 is 24.8 Å². The van der Waals surface area contributed by atoms with Crippen LogP contribution in [0.1, 0.15) is 18.4 Å². The van der Waals surface area contributed by atoms with Gasteiger partial charge >= 0.3 is 0 Å². The lowest BCUT2D eigenvalue weighted by atomic mass is 9.78. The van der Waals surface area contributed by atoms with E-state index in [-0.39, 0.29) is 30.7 Å². The summed E-state index contributed by atoms with van der Waals surface area (Å²) in [4.78, 5) is 16.8. The third-order valence-electron chi connectivity index (χ3n) is 4.72. The summed E-state index contributed by atoms with van der Waals surface area (Å²) in [7, 11) is 1.64. The molecule has 1 amide bonds. The van der Waals surface area contributed by atoms with E-state index in [1.54, 1.807) is 19.5 Å². The van der Waals surface area contributed by atoms with E-state index < -0.39 is 5.41 Å². The van der Waals surface area contributed by atoms with Gasteiger partial charge in [0.1, 0.15) is 0 Å². The number of nitrogens with zero attached hydrogens (tertiary/aromatic N) is 3. The summed E-state index contributed by atoms with van der Waals surface area (Å²) in [6.07, 6.45) is 7.89. The van der Waals surface area contributed by atoms with Crippen LogP contribution in [0.3, 0.4) is 0 Å². The first-order chi connectivity index (χ1) is 12.2. The van der Waals surface area contributed by atoms with Crippen molar-refractivity contribution in [3.8, 4) is 0 Å². The Morgan fingerprint density at radius 3 is 2.63 bits per heavy atom. The molecule has 0 radical (unpaired) electrons. The predicted octanol–water partition coefficient (Wildman–Crippen LogP) is 2.32. The van der Waals surface area contributed by atoms with E-state index in [4.69, 9.17) is 4.74 Å². The second-order valence-corrected chi connectivity index (χ2v) is 6.49. The molecule has 1 saturated heterocycles. The van der Waals surface area contributed by atoms with E-state index in [0.717, 1.165) is 38.9 Å². The fourth-order valence-electron chi connectivity index (χ4n) is 3.21. The van der Waals surface area contributed by atoms with Crippen LogP contribution in [0.25, 0.3) is 0 Å². The van der Waals surface area contributed by atoms with Crippen LogP contribution in [0.15, 0.2) is 36.8 Å². The molecular formula is C18H27Cl2N5O2. The van der Waals surface area contributed by atoms with Gasteiger partial charge in [-0.3, -0.25) is 14.5 Å². The van der Waals surface area contributed by atoms with Crippen LogP contribution < -0.4 is 10.6 Å². The lowest BCUT2D eigenvalue weighted by Gasteiger charge is -2.35. The molecule has 1 aliphatic rings. The molecule has 0 atom stereocenters. The minimum atomic E-state index is -0.471. The van der Waals surface area contributed by atoms with Crippen molar-refractivity contribution >= 4 is 36.5 Å². The summed E-state index contributed by atoms with van der Waals surface area (Å²) in [5.74, 6) is 0.587. The van der Waals surface area contributed by atoms with Crippen molar-refractivity contribution in [2.75, 3.05) is 32.1 Å². The number of carbonyl (C=O) groups is 1. The number of ether oxygens (including phenoxy) is 1. The van der Waals surface area contributed by atoms with Crippen LogP contribution in [-0.4, -0.2) is 47.5 Å². The Labute approximate surface area is 172 Å². The van der Waals surface area contributed by atoms with E-state index in [1.807, 2.05) is 29.1 Å². The number of rotatable bonds is 7. The molecule has 0 bridgehead atoms. The van der Waals surface area contributed by atoms with Crippen molar-refractivity contribution in [3.63, 3.8) is 0 Å². The monoisotopic (exact) mass is 415 g/mol. The van der Waals surface area contributed by atoms with Crippen molar-refractivity contribution in [3.05, 3.63) is 42.4 Å². The SMILES string of the molecule is COCC1(C(=O)Nc2ccn(CCc3ccncc3)n2)CCNCC1.Cl.Cl. The molecule has 1 fully saturated rings. The summed E-state index contributed by atoms with van der Waals surface area (Å²) in [5.41, 5.74) is 0.741. The van der Waals surface area contributed by atoms with Gasteiger partial charge in [0, 0.05) is 38.3 Å². The minimum Gasteiger partial charge on any atom is -0.384 e. The second-order valence-electron chi connectivity index (χ2n) is 6.49. The van der Waals surface area contributed by atoms with Crippen LogP contribution in [0.2, 0.25) is 0 Å². The first-order valence-corrected chi connectivity index (χ1v) is 8.65. The fraction of sp³-hybridized carbons (Fsp3) is 0.500. The van der Waals surface area contributed by atoms with Crippen LogP contribution in [0.4, 0.5) is 5.82 Å². The topological polar surface area (TPSA) is 81.1 Å². The number of amides is 1. The fourth-order valence-corrected chi connectivity index (χ4v) is 3.21. The molecule has 2 N–H and O–H groups in total. The van der Waals surface area contributed by atoms with Crippen molar-refractivity contribution in [1.82, 2.24) is 20.1 Å². The van der Waals surface area contributed by atoms with Gasteiger partial charge in [-0.05, 0) is 50.0 Å². The maximum Gasteiger partial charge on any atom is 0.234 e. The number of aromatic nitrogens is 3. The van der Waals surface area contributed by atoms with E-state index in [0.29, 0.717) is 12.4 Å². The highest BCUT2D eigenvalue weighted by Gasteiger charge is 2.39. The molecule has 1 aliphatic heterocycles. The number of hydrogen-bond acceptors (Lipinski definition) is 5. The Bertz CT molecular complexity index is 685. The zero-order chi connectivity index (χ0) is 17.5. The van der Waals surface area contributed by atoms with Crippen molar-refractivity contribution in [1.29, 1.82) is 0 Å². The molecule has 0 aromatic carbocycles. The molecule has 2 aromatic rings. The Morgan fingerprint density at radius 1 is 1.26 bits per heavy atom. The predicted molar refractivity (Wildman–Crippen MR) is 110 cm³/mol.